The van der Waals surface area contributed by atoms with E-state index in [1.54, 1.807) is 30.3 Å². The average molecular weight is 978 g/mol. The molecule has 2 aliphatic heterocycles. The van der Waals surface area contributed by atoms with E-state index in [0.717, 1.165) is 61.6 Å². The first kappa shape index (κ1) is 53.4. The van der Waals surface area contributed by atoms with Gasteiger partial charge in [-0.05, 0) is 97.9 Å². The number of ether oxygens (including phenoxy) is 5. The third kappa shape index (κ3) is 13.6. The van der Waals surface area contributed by atoms with Crippen LogP contribution in [0.25, 0.3) is 0 Å². The number of amides is 2. The Kier molecular flexibility index (Phi) is 20.7. The van der Waals surface area contributed by atoms with E-state index < -0.39 is 23.8 Å². The third-order valence-corrected chi connectivity index (χ3v) is 14.6. The smallest absolute Gasteiger partial charge is 0.412 e. The van der Waals surface area contributed by atoms with Crippen LogP contribution in [-0.4, -0.2) is 84.4 Å². The predicted molar refractivity (Wildman–Crippen MR) is 276 cm³/mol. The first-order chi connectivity index (χ1) is 34.8. The molecule has 6 atom stereocenters. The van der Waals surface area contributed by atoms with Gasteiger partial charge in [-0.2, -0.15) is 0 Å². The van der Waals surface area contributed by atoms with Crippen LogP contribution in [0.2, 0.25) is 0 Å². The number of fused-ring (bicyclic) bond motifs is 3. The SMILES string of the molecule is C=CCO[C@@]12Oc3ccc(OC(=O)NCCCCCCCCCCCC)cc3[C@H]3[C@H](CCCCO)[C@@H](CCCCO)C=C(C(=NOCc4ccccc4)C[C@@H]1N(CCC)C(=O)c1ccc4c(c1)OCO4)[C@H]32. The highest BCUT2D eigenvalue weighted by Gasteiger charge is 2.65. The number of hydrogen-bond donors (Lipinski definition) is 3. The van der Waals surface area contributed by atoms with Gasteiger partial charge in [0.2, 0.25) is 12.6 Å². The van der Waals surface area contributed by atoms with Gasteiger partial charge in [-0.25, -0.2) is 4.79 Å². The van der Waals surface area contributed by atoms with Crippen molar-refractivity contribution in [3.8, 4) is 23.0 Å². The minimum Gasteiger partial charge on any atom is -0.459 e. The number of aliphatic hydroxyl groups is 2. The lowest BCUT2D eigenvalue weighted by atomic mass is 9.55. The Balaban J connectivity index is 1.27. The minimum atomic E-state index is -1.45. The Morgan fingerprint density at radius 2 is 1.55 bits per heavy atom. The van der Waals surface area contributed by atoms with Crippen LogP contribution in [0, 0.1) is 17.8 Å². The van der Waals surface area contributed by atoms with E-state index in [9.17, 15) is 15.0 Å². The number of unbranched alkanes of at least 4 members (excludes halogenated alkanes) is 11. The summed E-state index contributed by atoms with van der Waals surface area (Å²) in [6.07, 6.45) is 21.0. The van der Waals surface area contributed by atoms with Crippen LogP contribution < -0.4 is 24.3 Å². The standard InChI is InChI=1S/C58H79N3O10/c1-4-7-8-9-10-11-12-13-14-20-31-59-57(65)70-45-28-30-50-48(38-45)54-46(26-19-22-34-63)43(25-18-21-33-62)36-47-49(60-69-40-42-23-16-15-17-24-42)39-53(58(71-50,55(47)54)68-35-6-3)61(32-5-2)56(64)44-27-29-51-52(37-44)67-41-66-51/h6,15-17,23-24,27-30,36-38,43,46,53-55,62-63H,3-5,7-14,18-22,25-26,31-35,39-41H2,1-2H3,(H,59,65)/t43-,46+,53-,54+,55+,58+/m0/s1. The molecule has 2 heterocycles. The lowest BCUT2D eigenvalue weighted by Gasteiger charge is -2.60. The molecule has 13 nitrogen and oxygen atoms in total. The fourth-order valence-corrected chi connectivity index (χ4v) is 11.3. The summed E-state index contributed by atoms with van der Waals surface area (Å²) in [7, 11) is 0. The van der Waals surface area contributed by atoms with Gasteiger partial charge < -0.3 is 49.0 Å². The summed E-state index contributed by atoms with van der Waals surface area (Å²) in [5.41, 5.74) is 3.90. The van der Waals surface area contributed by atoms with Gasteiger partial charge in [0.05, 0.1) is 18.2 Å². The highest BCUT2D eigenvalue weighted by atomic mass is 16.7. The zero-order chi connectivity index (χ0) is 49.8. The Bertz CT molecular complexity index is 2230. The zero-order valence-corrected chi connectivity index (χ0v) is 42.3. The van der Waals surface area contributed by atoms with Crippen molar-refractivity contribution >= 4 is 17.7 Å². The molecule has 71 heavy (non-hydrogen) atoms. The Morgan fingerprint density at radius 3 is 2.28 bits per heavy atom. The van der Waals surface area contributed by atoms with Crippen LogP contribution in [0.5, 0.6) is 23.0 Å². The predicted octanol–water partition coefficient (Wildman–Crippen LogP) is 11.8. The quantitative estimate of drug-likeness (QED) is 0.0334. The molecule has 0 unspecified atom stereocenters. The fraction of sp³-hybridized carbons (Fsp3) is 0.569. The Morgan fingerprint density at radius 1 is 0.831 bits per heavy atom. The molecule has 4 aliphatic rings. The van der Waals surface area contributed by atoms with E-state index in [1.165, 1.54) is 44.9 Å². The van der Waals surface area contributed by atoms with E-state index in [0.29, 0.717) is 66.6 Å². The number of allylic oxidation sites excluding steroid dienone is 1. The molecule has 0 saturated heterocycles. The maximum Gasteiger partial charge on any atom is 0.412 e. The van der Waals surface area contributed by atoms with Gasteiger partial charge in [-0.3, -0.25) is 4.79 Å². The van der Waals surface area contributed by atoms with E-state index in [2.05, 4.69) is 24.9 Å². The van der Waals surface area contributed by atoms with Crippen LogP contribution in [0.15, 0.2) is 96.2 Å². The summed E-state index contributed by atoms with van der Waals surface area (Å²) >= 11 is 0. The summed E-state index contributed by atoms with van der Waals surface area (Å²) in [5.74, 6) is -0.377. The molecule has 3 aromatic carbocycles. The summed E-state index contributed by atoms with van der Waals surface area (Å²) in [6, 6.07) is 20.0. The highest BCUT2D eigenvalue weighted by Crippen LogP contribution is 2.62. The van der Waals surface area contributed by atoms with Crippen LogP contribution in [0.4, 0.5) is 4.79 Å². The highest BCUT2D eigenvalue weighted by molar-refractivity contribution is 6.03. The monoisotopic (exact) mass is 978 g/mol. The van der Waals surface area contributed by atoms with Gasteiger partial charge in [0.1, 0.15) is 24.1 Å². The average Bonchev–Trinajstić information content (AvgIpc) is 3.86. The second-order valence-electron chi connectivity index (χ2n) is 19.6. The molecule has 3 N–H and O–H groups in total. The number of carbonyl (C=O) groups is 2. The lowest BCUT2D eigenvalue weighted by molar-refractivity contribution is -0.254. The molecule has 386 valence electrons. The van der Waals surface area contributed by atoms with Crippen molar-refractivity contribution in [2.45, 2.75) is 154 Å². The van der Waals surface area contributed by atoms with Gasteiger partial charge in [-0.15, -0.1) is 6.58 Å². The minimum absolute atomic E-state index is 0.00168. The number of benzene rings is 3. The molecule has 1 saturated carbocycles. The number of oxime groups is 1. The normalized spacial score (nSPS) is 22.2. The molecule has 0 radical (unpaired) electrons. The molecule has 0 bridgehead atoms. The van der Waals surface area contributed by atoms with Crippen molar-refractivity contribution in [3.63, 3.8) is 0 Å². The Hall–Kier alpha value is -5.37. The van der Waals surface area contributed by atoms with Crippen LogP contribution in [0.1, 0.15) is 157 Å². The van der Waals surface area contributed by atoms with E-state index >= 15 is 4.79 Å². The van der Waals surface area contributed by atoms with Gasteiger partial charge in [0.25, 0.3) is 5.91 Å². The largest absolute Gasteiger partial charge is 0.459 e. The second-order valence-corrected chi connectivity index (χ2v) is 19.6. The molecule has 0 spiro atoms. The van der Waals surface area contributed by atoms with Crippen molar-refractivity contribution < 1.29 is 48.3 Å². The topological polar surface area (TPSA) is 158 Å². The van der Waals surface area contributed by atoms with Crippen molar-refractivity contribution in [2.24, 2.45) is 22.9 Å². The molecule has 2 aliphatic carbocycles. The number of carbonyl (C=O) groups excluding carboxylic acids is 2. The number of nitrogens with one attached hydrogen (secondary N) is 1. The van der Waals surface area contributed by atoms with E-state index in [1.807, 2.05) is 54.3 Å². The molecular formula is C58H79N3O10. The van der Waals surface area contributed by atoms with Gasteiger partial charge in [-0.1, -0.05) is 132 Å². The van der Waals surface area contributed by atoms with E-state index in [4.69, 9.17) is 33.7 Å². The molecule has 2 amide bonds. The van der Waals surface area contributed by atoms with Crippen LogP contribution >= 0.6 is 0 Å². The summed E-state index contributed by atoms with van der Waals surface area (Å²) < 4.78 is 32.0. The number of nitrogens with zero attached hydrogens (tertiary/aromatic N) is 2. The molecule has 3 aromatic rings. The van der Waals surface area contributed by atoms with Crippen LogP contribution in [-0.2, 0) is 16.2 Å². The second kappa shape index (κ2) is 27.5. The van der Waals surface area contributed by atoms with Crippen molar-refractivity contribution in [2.75, 3.05) is 39.7 Å². The van der Waals surface area contributed by atoms with Crippen molar-refractivity contribution in [1.82, 2.24) is 10.2 Å². The number of hydrogen-bond acceptors (Lipinski definition) is 11. The summed E-state index contributed by atoms with van der Waals surface area (Å²) in [6.45, 7) is 9.90. The molecule has 0 aromatic heterocycles. The van der Waals surface area contributed by atoms with Gasteiger partial charge in [0, 0.05) is 49.8 Å². The molecule has 7 rings (SSSR count). The van der Waals surface area contributed by atoms with E-state index in [-0.39, 0.29) is 63.3 Å². The molecule has 1 fully saturated rings. The maximum atomic E-state index is 15.2. The number of rotatable bonds is 30. The summed E-state index contributed by atoms with van der Waals surface area (Å²) in [5, 5.41) is 28.0. The van der Waals surface area contributed by atoms with Crippen molar-refractivity contribution in [1.29, 1.82) is 0 Å². The number of aliphatic hydroxyl groups excluding tert-OH is 2. The van der Waals surface area contributed by atoms with Gasteiger partial charge >= 0.3 is 6.09 Å². The first-order valence-electron chi connectivity index (χ1n) is 26.8. The lowest BCUT2D eigenvalue weighted by Crippen LogP contribution is -2.70. The fourth-order valence-electron chi connectivity index (χ4n) is 11.3. The first-order valence-corrected chi connectivity index (χ1v) is 26.8. The van der Waals surface area contributed by atoms with Crippen LogP contribution in [0.3, 0.4) is 0 Å². The maximum absolute atomic E-state index is 15.2. The summed E-state index contributed by atoms with van der Waals surface area (Å²) in [4.78, 5) is 36.8. The third-order valence-electron chi connectivity index (χ3n) is 14.6. The Labute approximate surface area is 421 Å². The molecular weight excluding hydrogens is 899 g/mol. The van der Waals surface area contributed by atoms with Gasteiger partial charge in [0.15, 0.2) is 11.5 Å². The zero-order valence-electron chi connectivity index (χ0n) is 42.3. The molecule has 13 heteroatoms. The van der Waals surface area contributed by atoms with Crippen molar-refractivity contribution in [3.05, 3.63) is 108 Å².